The summed E-state index contributed by atoms with van der Waals surface area (Å²) in [6, 6.07) is 0. The second-order valence-corrected chi connectivity index (χ2v) is 7.78. The van der Waals surface area contributed by atoms with Crippen LogP contribution >= 0.6 is 24.0 Å². The Morgan fingerprint density at radius 3 is 0.292 bits per heavy atom. The highest BCUT2D eigenvalue weighted by Crippen LogP contribution is 2.16. The maximum Gasteiger partial charge on any atom is 0 e. The Balaban J connectivity index is -0.000000249. The lowest BCUT2D eigenvalue weighted by molar-refractivity contribution is 0.504. The molecule has 4 aliphatic carbocycles. The molecule has 4 rings (SSSR count). The van der Waals surface area contributed by atoms with E-state index in [9.17, 15) is 0 Å². The van der Waals surface area contributed by atoms with E-state index in [0.29, 0.717) is 0 Å². The van der Waals surface area contributed by atoms with Crippen LogP contribution in [-0.4, -0.2) is 0 Å². The van der Waals surface area contributed by atoms with Crippen LogP contribution in [0.5, 0.6) is 0 Å². The summed E-state index contributed by atoms with van der Waals surface area (Å²) in [5.41, 5.74) is 0. The standard InChI is InChI=1S/2C6H12.2C5H10.CH4.HI.H2/c2*1-2-4-6-5-3-1;2*1-2-4-5-3-1;;;/h2*1-6H2;2*1-5H2;1H4;2*1H. The SMILES string of the molecule is C.C1CCCC1.C1CCCC1.C1CCCCC1.C1CCCCC1.I.[HH]. The van der Waals surface area contributed by atoms with Crippen molar-refractivity contribution in [3.63, 3.8) is 0 Å². The summed E-state index contributed by atoms with van der Waals surface area (Å²) in [6.45, 7) is 0. The predicted molar refractivity (Wildman–Crippen MR) is 126 cm³/mol. The molecule has 0 bridgehead atoms. The first-order chi connectivity index (χ1) is 11.0. The number of hydrogen-bond acceptors (Lipinski definition) is 0. The molecular weight excluding hydrogens is 403 g/mol. The van der Waals surface area contributed by atoms with Crippen molar-refractivity contribution in [2.24, 2.45) is 0 Å². The number of rotatable bonds is 0. The van der Waals surface area contributed by atoms with Gasteiger partial charge in [-0.05, 0) is 0 Å². The lowest BCUT2D eigenvalue weighted by atomic mass is 10.0. The summed E-state index contributed by atoms with van der Waals surface area (Å²) in [5.74, 6) is 0. The molecule has 0 N–H and O–H groups in total. The minimum Gasteiger partial charge on any atom is -0.107 e. The van der Waals surface area contributed by atoms with Crippen LogP contribution in [0, 0.1) is 0 Å². The molecule has 4 aliphatic rings. The zero-order chi connectivity index (χ0) is 15.6. The molecule has 4 fully saturated rings. The van der Waals surface area contributed by atoms with E-state index in [4.69, 9.17) is 0 Å². The van der Waals surface area contributed by atoms with Crippen LogP contribution in [0.25, 0.3) is 0 Å². The van der Waals surface area contributed by atoms with Crippen molar-refractivity contribution in [2.75, 3.05) is 0 Å². The summed E-state index contributed by atoms with van der Waals surface area (Å²) in [5, 5.41) is 0. The summed E-state index contributed by atoms with van der Waals surface area (Å²) >= 11 is 0. The molecule has 0 nitrogen and oxygen atoms in total. The van der Waals surface area contributed by atoms with Crippen molar-refractivity contribution in [2.45, 2.75) is 149 Å². The van der Waals surface area contributed by atoms with Gasteiger partial charge in [0.1, 0.15) is 0 Å². The average molecular weight is 455 g/mol. The first-order valence-corrected chi connectivity index (χ1v) is 11.0. The lowest BCUT2D eigenvalue weighted by Crippen LogP contribution is -1.85. The Hall–Kier alpha value is 0.730. The van der Waals surface area contributed by atoms with E-state index >= 15 is 0 Å². The molecule has 0 spiro atoms. The van der Waals surface area contributed by atoms with Crippen LogP contribution in [0.3, 0.4) is 0 Å². The zero-order valence-corrected chi connectivity index (χ0v) is 18.3. The molecular formula is C23H51I. The highest BCUT2D eigenvalue weighted by molar-refractivity contribution is 14.0. The van der Waals surface area contributed by atoms with E-state index in [1.807, 2.05) is 0 Å². The smallest absolute Gasteiger partial charge is 0 e. The van der Waals surface area contributed by atoms with Gasteiger partial charge in [-0.15, -0.1) is 24.0 Å². The van der Waals surface area contributed by atoms with Gasteiger partial charge >= 0.3 is 0 Å². The van der Waals surface area contributed by atoms with Gasteiger partial charge in [0.2, 0.25) is 0 Å². The minimum atomic E-state index is 0. The van der Waals surface area contributed by atoms with Crippen LogP contribution in [0.1, 0.15) is 150 Å². The molecule has 1 heteroatoms. The molecule has 0 heterocycles. The third kappa shape index (κ3) is 20.8. The Morgan fingerprint density at radius 2 is 0.250 bits per heavy atom. The van der Waals surface area contributed by atoms with E-state index in [1.165, 1.54) is 141 Å². The van der Waals surface area contributed by atoms with Gasteiger partial charge in [-0.3, -0.25) is 0 Å². The molecule has 0 aromatic carbocycles. The Labute approximate surface area is 173 Å². The van der Waals surface area contributed by atoms with Gasteiger partial charge in [0.05, 0.1) is 0 Å². The fourth-order valence-corrected chi connectivity index (χ4v) is 3.89. The molecule has 0 saturated heterocycles. The van der Waals surface area contributed by atoms with Gasteiger partial charge in [0, 0.05) is 1.43 Å². The Bertz CT molecular complexity index is 132. The maximum atomic E-state index is 1.50. The number of halogens is 1. The van der Waals surface area contributed by atoms with Crippen molar-refractivity contribution in [1.29, 1.82) is 0 Å². The van der Waals surface area contributed by atoms with Crippen LogP contribution in [0.4, 0.5) is 0 Å². The van der Waals surface area contributed by atoms with Crippen LogP contribution < -0.4 is 0 Å². The van der Waals surface area contributed by atoms with E-state index in [2.05, 4.69) is 0 Å². The van der Waals surface area contributed by atoms with E-state index < -0.39 is 0 Å². The predicted octanol–water partition coefficient (Wildman–Crippen LogP) is 10.1. The summed E-state index contributed by atoms with van der Waals surface area (Å²) in [7, 11) is 0. The quantitative estimate of drug-likeness (QED) is 0.319. The van der Waals surface area contributed by atoms with Gasteiger partial charge in [0.25, 0.3) is 0 Å². The first-order valence-electron chi connectivity index (χ1n) is 11.0. The Kier molecular flexibility index (Phi) is 26.7. The monoisotopic (exact) mass is 454 g/mol. The molecule has 4 saturated carbocycles. The summed E-state index contributed by atoms with van der Waals surface area (Å²) < 4.78 is 0. The largest absolute Gasteiger partial charge is 0.107 e. The maximum absolute atomic E-state index is 1.50. The molecule has 0 aromatic rings. The van der Waals surface area contributed by atoms with Gasteiger partial charge < -0.3 is 0 Å². The van der Waals surface area contributed by atoms with Gasteiger partial charge in [0.15, 0.2) is 0 Å². The van der Waals surface area contributed by atoms with Crippen LogP contribution in [0.15, 0.2) is 0 Å². The lowest BCUT2D eigenvalue weighted by Gasteiger charge is -2.05. The second-order valence-electron chi connectivity index (χ2n) is 7.78. The average Bonchev–Trinajstić information content (AvgIpc) is 3.37. The topological polar surface area (TPSA) is 0 Å². The van der Waals surface area contributed by atoms with Gasteiger partial charge in [-0.25, -0.2) is 0 Å². The zero-order valence-electron chi connectivity index (χ0n) is 16.0. The van der Waals surface area contributed by atoms with Gasteiger partial charge in [-0.2, -0.15) is 0 Å². The summed E-state index contributed by atoms with van der Waals surface area (Å²) in [6.07, 6.45) is 33.0. The highest BCUT2D eigenvalue weighted by atomic mass is 127. The van der Waals surface area contributed by atoms with E-state index in [0.717, 1.165) is 0 Å². The fraction of sp³-hybridized carbons (Fsp3) is 1.00. The van der Waals surface area contributed by atoms with Crippen molar-refractivity contribution in [3.8, 4) is 0 Å². The van der Waals surface area contributed by atoms with Crippen LogP contribution in [-0.2, 0) is 0 Å². The van der Waals surface area contributed by atoms with Crippen molar-refractivity contribution in [1.82, 2.24) is 0 Å². The summed E-state index contributed by atoms with van der Waals surface area (Å²) in [4.78, 5) is 0. The molecule has 0 aliphatic heterocycles. The molecule has 0 radical (unpaired) electrons. The third-order valence-corrected chi connectivity index (χ3v) is 5.50. The Morgan fingerprint density at radius 1 is 0.208 bits per heavy atom. The van der Waals surface area contributed by atoms with E-state index in [-0.39, 0.29) is 32.8 Å². The first kappa shape index (κ1) is 27.0. The fourth-order valence-electron chi connectivity index (χ4n) is 3.89. The van der Waals surface area contributed by atoms with Crippen LogP contribution in [0.2, 0.25) is 0 Å². The molecule has 0 atom stereocenters. The molecule has 0 aromatic heterocycles. The molecule has 24 heavy (non-hydrogen) atoms. The van der Waals surface area contributed by atoms with Crippen molar-refractivity contribution < 1.29 is 1.43 Å². The second kappa shape index (κ2) is 23.7. The van der Waals surface area contributed by atoms with Gasteiger partial charge in [-0.1, -0.05) is 149 Å². The molecule has 0 unspecified atom stereocenters. The third-order valence-electron chi connectivity index (χ3n) is 5.50. The molecule has 0 amide bonds. The normalized spacial score (nSPS) is 22.0. The highest BCUT2D eigenvalue weighted by Gasteiger charge is 1.97. The van der Waals surface area contributed by atoms with E-state index in [1.54, 1.807) is 0 Å². The minimum absolute atomic E-state index is 0. The van der Waals surface area contributed by atoms with Crippen molar-refractivity contribution in [3.05, 3.63) is 0 Å². The molecule has 150 valence electrons. The van der Waals surface area contributed by atoms with Crippen molar-refractivity contribution >= 4 is 24.0 Å². The number of hydrogen-bond donors (Lipinski definition) is 0.